The van der Waals surface area contributed by atoms with E-state index in [9.17, 15) is 9.59 Å². The average molecular weight is 495 g/mol. The van der Waals surface area contributed by atoms with Gasteiger partial charge in [-0.2, -0.15) is 4.68 Å². The minimum Gasteiger partial charge on any atom is -0.485 e. The summed E-state index contributed by atoms with van der Waals surface area (Å²) in [5, 5.41) is 12.5. The van der Waals surface area contributed by atoms with Crippen LogP contribution in [0, 0.1) is 13.8 Å². The molecular formula is C24H26N6O4S. The molecule has 35 heavy (non-hydrogen) atoms. The first-order chi connectivity index (χ1) is 17.0. The van der Waals surface area contributed by atoms with Gasteiger partial charge in [-0.3, -0.25) is 9.59 Å². The maximum atomic E-state index is 12.9. The number of rotatable bonds is 5. The third kappa shape index (κ3) is 4.95. The van der Waals surface area contributed by atoms with Gasteiger partial charge in [0.15, 0.2) is 11.5 Å². The molecule has 10 nitrogen and oxygen atoms in total. The summed E-state index contributed by atoms with van der Waals surface area (Å²) in [7, 11) is 0. The van der Waals surface area contributed by atoms with Crippen LogP contribution in [-0.2, 0) is 9.59 Å². The van der Waals surface area contributed by atoms with Crippen molar-refractivity contribution in [1.82, 2.24) is 30.0 Å². The summed E-state index contributed by atoms with van der Waals surface area (Å²) in [5.74, 6) is 1.31. The number of aryl methyl sites for hydroxylation is 2. The SMILES string of the molecule is Cc1ccc(-n2nnnc2SCC(=O)N2CCN(C(=O)[C@@H]3COc4ccccc4O3)CC2)cc1C. The number of amides is 2. The highest BCUT2D eigenvalue weighted by molar-refractivity contribution is 7.99. The molecule has 0 N–H and O–H groups in total. The molecule has 1 fully saturated rings. The van der Waals surface area contributed by atoms with Gasteiger partial charge in [-0.1, -0.05) is 30.0 Å². The van der Waals surface area contributed by atoms with Gasteiger partial charge in [0.25, 0.3) is 5.91 Å². The first-order valence-electron chi connectivity index (χ1n) is 11.4. The number of para-hydroxylation sites is 2. The second-order valence-electron chi connectivity index (χ2n) is 8.50. The lowest BCUT2D eigenvalue weighted by atomic mass is 10.1. The maximum absolute atomic E-state index is 12.9. The maximum Gasteiger partial charge on any atom is 0.267 e. The molecule has 1 atom stereocenters. The number of benzene rings is 2. The van der Waals surface area contributed by atoms with Crippen molar-refractivity contribution in [2.45, 2.75) is 25.1 Å². The van der Waals surface area contributed by atoms with Crippen LogP contribution in [0.5, 0.6) is 11.5 Å². The van der Waals surface area contributed by atoms with Crippen molar-refractivity contribution in [3.63, 3.8) is 0 Å². The van der Waals surface area contributed by atoms with Gasteiger partial charge >= 0.3 is 0 Å². The summed E-state index contributed by atoms with van der Waals surface area (Å²) in [6.45, 7) is 6.12. The Morgan fingerprint density at radius 2 is 1.74 bits per heavy atom. The number of nitrogens with zero attached hydrogens (tertiary/aromatic N) is 6. The van der Waals surface area contributed by atoms with Crippen molar-refractivity contribution in [3.05, 3.63) is 53.6 Å². The Balaban J connectivity index is 1.13. The Labute approximate surface area is 207 Å². The van der Waals surface area contributed by atoms with E-state index in [1.807, 2.05) is 43.3 Å². The highest BCUT2D eigenvalue weighted by atomic mass is 32.2. The zero-order valence-corrected chi connectivity index (χ0v) is 20.4. The van der Waals surface area contributed by atoms with Crippen LogP contribution in [0.15, 0.2) is 47.6 Å². The number of fused-ring (bicyclic) bond motifs is 1. The second kappa shape index (κ2) is 9.95. The van der Waals surface area contributed by atoms with Crippen LogP contribution < -0.4 is 9.47 Å². The van der Waals surface area contributed by atoms with E-state index in [-0.39, 0.29) is 24.2 Å². The van der Waals surface area contributed by atoms with Crippen molar-refractivity contribution in [1.29, 1.82) is 0 Å². The zero-order valence-electron chi connectivity index (χ0n) is 19.6. The molecule has 2 aliphatic rings. The number of ether oxygens (including phenoxy) is 2. The molecule has 1 aromatic heterocycles. The van der Waals surface area contributed by atoms with Crippen molar-refractivity contribution >= 4 is 23.6 Å². The van der Waals surface area contributed by atoms with Gasteiger partial charge in [0, 0.05) is 26.2 Å². The molecule has 0 aliphatic carbocycles. The molecule has 3 heterocycles. The molecule has 1 saturated heterocycles. The molecule has 3 aromatic rings. The summed E-state index contributed by atoms with van der Waals surface area (Å²) >= 11 is 1.30. The molecule has 182 valence electrons. The Morgan fingerprint density at radius 3 is 2.51 bits per heavy atom. The summed E-state index contributed by atoms with van der Waals surface area (Å²) in [4.78, 5) is 29.3. The van der Waals surface area contributed by atoms with Gasteiger partial charge < -0.3 is 19.3 Å². The van der Waals surface area contributed by atoms with Gasteiger partial charge in [-0.25, -0.2) is 0 Å². The zero-order chi connectivity index (χ0) is 24.4. The van der Waals surface area contributed by atoms with E-state index < -0.39 is 6.10 Å². The number of hydrogen-bond acceptors (Lipinski definition) is 8. The number of carbonyl (C=O) groups excluding carboxylic acids is 2. The summed E-state index contributed by atoms with van der Waals surface area (Å²) in [5.41, 5.74) is 3.19. The van der Waals surface area contributed by atoms with Gasteiger partial charge in [0.2, 0.25) is 17.2 Å². The Kier molecular flexibility index (Phi) is 6.58. The van der Waals surface area contributed by atoms with Crippen molar-refractivity contribution in [2.24, 2.45) is 0 Å². The topological polar surface area (TPSA) is 103 Å². The number of tetrazole rings is 1. The summed E-state index contributed by atoms with van der Waals surface area (Å²) in [6, 6.07) is 13.3. The molecule has 11 heteroatoms. The fourth-order valence-electron chi connectivity index (χ4n) is 4.03. The van der Waals surface area contributed by atoms with E-state index >= 15 is 0 Å². The molecular weight excluding hydrogens is 468 g/mol. The Bertz CT molecular complexity index is 1240. The number of carbonyl (C=O) groups is 2. The molecule has 0 spiro atoms. The molecule has 0 saturated carbocycles. The Morgan fingerprint density at radius 1 is 1.00 bits per heavy atom. The van der Waals surface area contributed by atoms with E-state index in [0.29, 0.717) is 42.8 Å². The Hall–Kier alpha value is -3.60. The fourth-order valence-corrected chi connectivity index (χ4v) is 4.82. The quantitative estimate of drug-likeness (QED) is 0.496. The highest BCUT2D eigenvalue weighted by Crippen LogP contribution is 2.31. The van der Waals surface area contributed by atoms with Gasteiger partial charge in [0.1, 0.15) is 6.61 Å². The van der Waals surface area contributed by atoms with Gasteiger partial charge in [0.05, 0.1) is 11.4 Å². The molecule has 2 amide bonds. The van der Waals surface area contributed by atoms with Crippen LogP contribution >= 0.6 is 11.8 Å². The normalized spacial score (nSPS) is 17.4. The van der Waals surface area contributed by atoms with Crippen LogP contribution in [0.2, 0.25) is 0 Å². The second-order valence-corrected chi connectivity index (χ2v) is 9.44. The van der Waals surface area contributed by atoms with E-state index in [1.165, 1.54) is 17.3 Å². The van der Waals surface area contributed by atoms with Crippen LogP contribution in [0.4, 0.5) is 0 Å². The third-order valence-electron chi connectivity index (χ3n) is 6.23. The first kappa shape index (κ1) is 23.2. The predicted octanol–water partition coefficient (Wildman–Crippen LogP) is 1.88. The van der Waals surface area contributed by atoms with Crippen LogP contribution in [0.1, 0.15) is 11.1 Å². The van der Waals surface area contributed by atoms with Gasteiger partial charge in [-0.05, 0) is 59.7 Å². The number of thioether (sulfide) groups is 1. The summed E-state index contributed by atoms with van der Waals surface area (Å²) < 4.78 is 13.2. The molecule has 0 bridgehead atoms. The number of piperazine rings is 1. The number of hydrogen-bond donors (Lipinski definition) is 0. The number of aromatic nitrogens is 4. The van der Waals surface area contributed by atoms with Gasteiger partial charge in [-0.15, -0.1) is 5.10 Å². The van der Waals surface area contributed by atoms with E-state index in [4.69, 9.17) is 9.47 Å². The highest BCUT2D eigenvalue weighted by Gasteiger charge is 2.33. The molecule has 5 rings (SSSR count). The van der Waals surface area contributed by atoms with Crippen molar-refractivity contribution < 1.29 is 19.1 Å². The van der Waals surface area contributed by atoms with Crippen LogP contribution in [0.25, 0.3) is 5.69 Å². The standard InChI is InChI=1S/C24H26N6O4S/c1-16-7-8-18(13-17(16)2)30-24(25-26-27-30)35-15-22(31)28-9-11-29(12-10-28)23(32)21-14-33-19-5-3-4-6-20(19)34-21/h3-8,13,21H,9-12,14-15H2,1-2H3/t21-/m0/s1. The minimum atomic E-state index is -0.674. The molecule has 2 aromatic carbocycles. The fraction of sp³-hybridized carbons (Fsp3) is 0.375. The smallest absolute Gasteiger partial charge is 0.267 e. The molecule has 2 aliphatic heterocycles. The van der Waals surface area contributed by atoms with Crippen LogP contribution in [-0.4, -0.2) is 86.5 Å². The van der Waals surface area contributed by atoms with E-state index in [2.05, 4.69) is 22.4 Å². The lowest BCUT2D eigenvalue weighted by molar-refractivity contribution is -0.145. The minimum absolute atomic E-state index is 0.0112. The average Bonchev–Trinajstić information content (AvgIpc) is 3.37. The molecule has 0 radical (unpaired) electrons. The lowest BCUT2D eigenvalue weighted by Crippen LogP contribution is -2.55. The van der Waals surface area contributed by atoms with E-state index in [0.717, 1.165) is 11.3 Å². The largest absolute Gasteiger partial charge is 0.485 e. The van der Waals surface area contributed by atoms with E-state index in [1.54, 1.807) is 20.5 Å². The first-order valence-corrected chi connectivity index (χ1v) is 12.4. The molecule has 0 unspecified atom stereocenters. The lowest BCUT2D eigenvalue weighted by Gasteiger charge is -2.37. The third-order valence-corrected chi connectivity index (χ3v) is 7.13. The monoisotopic (exact) mass is 494 g/mol. The van der Waals surface area contributed by atoms with Crippen LogP contribution in [0.3, 0.4) is 0 Å². The van der Waals surface area contributed by atoms with Crippen molar-refractivity contribution in [3.8, 4) is 17.2 Å². The summed E-state index contributed by atoms with van der Waals surface area (Å²) in [6.07, 6.45) is -0.674. The van der Waals surface area contributed by atoms with Crippen molar-refractivity contribution in [2.75, 3.05) is 38.5 Å². The predicted molar refractivity (Wildman–Crippen MR) is 129 cm³/mol.